The largest absolute Gasteiger partial charge is 0.382 e. The van der Waals surface area contributed by atoms with Crippen molar-refractivity contribution >= 4 is 17.5 Å². The lowest BCUT2D eigenvalue weighted by Gasteiger charge is -2.35. The van der Waals surface area contributed by atoms with Crippen LogP contribution in [0.15, 0.2) is 65.8 Å². The normalized spacial score (nSPS) is 20.0. The number of carbonyl (C=O) groups is 2. The molecular weight excluding hydrogens is 392 g/mol. The van der Waals surface area contributed by atoms with Gasteiger partial charge in [-0.2, -0.15) is 0 Å². The van der Waals surface area contributed by atoms with E-state index in [-0.39, 0.29) is 11.8 Å². The highest BCUT2D eigenvalue weighted by atomic mass is 16.6. The fourth-order valence-corrected chi connectivity index (χ4v) is 3.88. The maximum atomic E-state index is 13.3. The fraction of sp³-hybridized carbons (Fsp3) is 0.375. The Kier molecular flexibility index (Phi) is 6.62. The smallest absolute Gasteiger partial charge is 0.265 e. The SMILES string of the molecule is CN1CCN(C(=O)[C@H](Cc2ccccc2)NC(=O)[C@H]2CC(c3ccccc3)=NO2)CC1. The Morgan fingerprint density at radius 3 is 2.35 bits per heavy atom. The minimum Gasteiger partial charge on any atom is -0.382 e. The first-order valence-corrected chi connectivity index (χ1v) is 10.7. The molecule has 0 unspecified atom stereocenters. The number of benzene rings is 2. The molecule has 0 aromatic heterocycles. The summed E-state index contributed by atoms with van der Waals surface area (Å²) in [6.07, 6.45) is 0.0989. The second kappa shape index (κ2) is 9.75. The summed E-state index contributed by atoms with van der Waals surface area (Å²) in [6.45, 7) is 2.99. The van der Waals surface area contributed by atoms with Crippen molar-refractivity contribution in [3.05, 3.63) is 71.8 Å². The van der Waals surface area contributed by atoms with Crippen LogP contribution >= 0.6 is 0 Å². The average molecular weight is 421 g/mol. The number of nitrogens with zero attached hydrogens (tertiary/aromatic N) is 3. The summed E-state index contributed by atoms with van der Waals surface area (Å²) >= 11 is 0. The zero-order chi connectivity index (χ0) is 21.6. The quantitative estimate of drug-likeness (QED) is 0.772. The average Bonchev–Trinajstić information content (AvgIpc) is 3.31. The molecule has 4 rings (SSSR count). The number of carbonyl (C=O) groups excluding carboxylic acids is 2. The molecule has 7 nitrogen and oxygen atoms in total. The van der Waals surface area contributed by atoms with E-state index in [1.54, 1.807) is 0 Å². The van der Waals surface area contributed by atoms with Crippen LogP contribution in [0, 0.1) is 0 Å². The van der Waals surface area contributed by atoms with E-state index in [1.165, 1.54) is 0 Å². The van der Waals surface area contributed by atoms with Crippen molar-refractivity contribution in [2.75, 3.05) is 33.2 Å². The van der Waals surface area contributed by atoms with Crippen LogP contribution in [0.3, 0.4) is 0 Å². The van der Waals surface area contributed by atoms with Gasteiger partial charge in [-0.25, -0.2) is 0 Å². The molecule has 2 aromatic rings. The summed E-state index contributed by atoms with van der Waals surface area (Å²) in [5.41, 5.74) is 2.68. The van der Waals surface area contributed by atoms with Crippen LogP contribution in [0.25, 0.3) is 0 Å². The van der Waals surface area contributed by atoms with Crippen molar-refractivity contribution in [3.63, 3.8) is 0 Å². The molecule has 0 spiro atoms. The molecule has 1 fully saturated rings. The van der Waals surface area contributed by atoms with E-state index in [4.69, 9.17) is 4.84 Å². The van der Waals surface area contributed by atoms with E-state index in [0.29, 0.717) is 25.9 Å². The molecule has 0 bridgehead atoms. The van der Waals surface area contributed by atoms with Crippen molar-refractivity contribution in [3.8, 4) is 0 Å². The van der Waals surface area contributed by atoms with Crippen LogP contribution in [0.5, 0.6) is 0 Å². The van der Waals surface area contributed by atoms with Gasteiger partial charge in [-0.05, 0) is 18.2 Å². The molecule has 7 heteroatoms. The molecule has 2 amide bonds. The van der Waals surface area contributed by atoms with E-state index < -0.39 is 12.1 Å². The third-order valence-electron chi connectivity index (χ3n) is 5.78. The Bertz CT molecular complexity index is 924. The molecular formula is C24H28N4O3. The number of oxime groups is 1. The van der Waals surface area contributed by atoms with Crippen LogP contribution in [-0.2, 0) is 20.8 Å². The Hall–Kier alpha value is -3.19. The van der Waals surface area contributed by atoms with Gasteiger partial charge in [0.2, 0.25) is 12.0 Å². The van der Waals surface area contributed by atoms with Crippen molar-refractivity contribution in [1.82, 2.24) is 15.1 Å². The molecule has 1 saturated heterocycles. The summed E-state index contributed by atoms with van der Waals surface area (Å²) in [6, 6.07) is 18.8. The van der Waals surface area contributed by atoms with Crippen LogP contribution in [0.2, 0.25) is 0 Å². The number of hydrogen-bond donors (Lipinski definition) is 1. The van der Waals surface area contributed by atoms with Gasteiger partial charge in [-0.1, -0.05) is 65.8 Å². The molecule has 2 aromatic carbocycles. The number of amides is 2. The van der Waals surface area contributed by atoms with Crippen molar-refractivity contribution in [2.24, 2.45) is 5.16 Å². The second-order valence-corrected chi connectivity index (χ2v) is 8.08. The number of hydrogen-bond acceptors (Lipinski definition) is 5. The summed E-state index contributed by atoms with van der Waals surface area (Å²) in [5, 5.41) is 7.04. The van der Waals surface area contributed by atoms with Gasteiger partial charge in [-0.3, -0.25) is 9.59 Å². The van der Waals surface area contributed by atoms with Gasteiger partial charge in [0, 0.05) is 39.0 Å². The Balaban J connectivity index is 1.43. The maximum absolute atomic E-state index is 13.3. The Morgan fingerprint density at radius 2 is 1.68 bits per heavy atom. The van der Waals surface area contributed by atoms with Gasteiger partial charge in [0.15, 0.2) is 0 Å². The van der Waals surface area contributed by atoms with Gasteiger partial charge in [-0.15, -0.1) is 0 Å². The number of nitrogens with one attached hydrogen (secondary N) is 1. The van der Waals surface area contributed by atoms with E-state index in [2.05, 4.69) is 15.4 Å². The van der Waals surface area contributed by atoms with Crippen molar-refractivity contribution in [1.29, 1.82) is 0 Å². The first kappa shape index (κ1) is 21.1. The monoisotopic (exact) mass is 420 g/mol. The number of likely N-dealkylation sites (N-methyl/N-ethyl adjacent to an activating group) is 1. The van der Waals surface area contributed by atoms with Gasteiger partial charge < -0.3 is 20.0 Å². The molecule has 0 saturated carbocycles. The molecule has 162 valence electrons. The summed E-state index contributed by atoms with van der Waals surface area (Å²) in [4.78, 5) is 35.7. The molecule has 1 N–H and O–H groups in total. The van der Waals surface area contributed by atoms with E-state index in [0.717, 1.165) is 29.9 Å². The lowest BCUT2D eigenvalue weighted by atomic mass is 10.0. The van der Waals surface area contributed by atoms with Gasteiger partial charge in [0.1, 0.15) is 6.04 Å². The fourth-order valence-electron chi connectivity index (χ4n) is 3.88. The minimum atomic E-state index is -0.728. The summed E-state index contributed by atoms with van der Waals surface area (Å²) in [5.74, 6) is -0.356. The van der Waals surface area contributed by atoms with Gasteiger partial charge in [0.05, 0.1) is 5.71 Å². The molecule has 2 atom stereocenters. The lowest BCUT2D eigenvalue weighted by Crippen LogP contribution is -2.56. The van der Waals surface area contributed by atoms with Crippen molar-refractivity contribution in [2.45, 2.75) is 25.0 Å². The highest BCUT2D eigenvalue weighted by molar-refractivity contribution is 6.04. The minimum absolute atomic E-state index is 0.0486. The van der Waals surface area contributed by atoms with E-state index in [1.807, 2.05) is 72.6 Å². The van der Waals surface area contributed by atoms with E-state index in [9.17, 15) is 9.59 Å². The van der Waals surface area contributed by atoms with E-state index >= 15 is 0 Å². The number of rotatable bonds is 6. The number of piperazine rings is 1. The molecule has 2 aliphatic rings. The molecule has 0 radical (unpaired) electrons. The van der Waals surface area contributed by atoms with Crippen molar-refractivity contribution < 1.29 is 14.4 Å². The lowest BCUT2D eigenvalue weighted by molar-refractivity contribution is -0.140. The second-order valence-electron chi connectivity index (χ2n) is 8.08. The highest BCUT2D eigenvalue weighted by Crippen LogP contribution is 2.17. The Labute approximate surface area is 182 Å². The molecule has 0 aliphatic carbocycles. The summed E-state index contributed by atoms with van der Waals surface area (Å²) < 4.78 is 0. The molecule has 31 heavy (non-hydrogen) atoms. The Morgan fingerprint density at radius 1 is 1.03 bits per heavy atom. The van der Waals surface area contributed by atoms with Crippen LogP contribution in [0.4, 0.5) is 0 Å². The highest BCUT2D eigenvalue weighted by Gasteiger charge is 2.34. The molecule has 2 aliphatic heterocycles. The van der Waals surface area contributed by atoms with Crippen LogP contribution in [0.1, 0.15) is 17.5 Å². The zero-order valence-corrected chi connectivity index (χ0v) is 17.7. The topological polar surface area (TPSA) is 74.2 Å². The van der Waals surface area contributed by atoms with Crippen LogP contribution < -0.4 is 5.32 Å². The predicted molar refractivity (Wildman–Crippen MR) is 119 cm³/mol. The first-order chi connectivity index (χ1) is 15.1. The zero-order valence-electron chi connectivity index (χ0n) is 17.7. The van der Waals surface area contributed by atoms with Crippen LogP contribution in [-0.4, -0.2) is 72.7 Å². The predicted octanol–water partition coefficient (Wildman–Crippen LogP) is 1.68. The third kappa shape index (κ3) is 5.30. The maximum Gasteiger partial charge on any atom is 0.265 e. The van der Waals surface area contributed by atoms with Gasteiger partial charge >= 0.3 is 0 Å². The standard InChI is InChI=1S/C24H28N4O3/c1-27-12-14-28(15-13-27)24(30)21(16-18-8-4-2-5-9-18)25-23(29)22-17-20(26-31-22)19-10-6-3-7-11-19/h2-11,21-22H,12-17H2,1H3,(H,25,29)/t21-,22+/m0/s1. The first-order valence-electron chi connectivity index (χ1n) is 10.7. The third-order valence-corrected chi connectivity index (χ3v) is 5.78. The van der Waals surface area contributed by atoms with Gasteiger partial charge in [0.25, 0.3) is 5.91 Å². The molecule has 2 heterocycles. The summed E-state index contributed by atoms with van der Waals surface area (Å²) in [7, 11) is 2.05.